The first-order valence-electron chi connectivity index (χ1n) is 22.4. The van der Waals surface area contributed by atoms with Gasteiger partial charge in [0.15, 0.2) is 0 Å². The predicted molar refractivity (Wildman–Crippen MR) is 272 cm³/mol. The van der Waals surface area contributed by atoms with Crippen LogP contribution < -0.4 is 4.90 Å². The highest BCUT2D eigenvalue weighted by molar-refractivity contribution is 6.25. The first-order valence-corrected chi connectivity index (χ1v) is 22.4. The van der Waals surface area contributed by atoms with Crippen LogP contribution in [0.4, 0.5) is 17.1 Å². The molecule has 12 aromatic rings. The standard InChI is InChI=1S/C63H41NO/c1-4-19-42(20-5-1)43-35-37-46(38-36-43)64(47-39-40-51-50-27-14-16-33-57(50)63(58(51)41-47,44-21-6-2-7-22-44)45-23-8-3-9-24-45)61-54-30-13-11-26-49(54)48-25-10-12-29-53(48)60(61)56-32-18-31-55-52-28-15-17-34-59(52)65-62(55)56/h1-41H. The number of hydrogen-bond acceptors (Lipinski definition) is 2. The molecule has 2 heteroatoms. The average Bonchev–Trinajstić information content (AvgIpc) is 3.91. The molecular weight excluding hydrogens is 787 g/mol. The summed E-state index contributed by atoms with van der Waals surface area (Å²) in [7, 11) is 0. The van der Waals surface area contributed by atoms with Gasteiger partial charge in [0.1, 0.15) is 11.2 Å². The van der Waals surface area contributed by atoms with Gasteiger partial charge >= 0.3 is 0 Å². The van der Waals surface area contributed by atoms with Crippen LogP contribution in [0.5, 0.6) is 0 Å². The van der Waals surface area contributed by atoms with E-state index in [2.05, 4.69) is 254 Å². The van der Waals surface area contributed by atoms with Gasteiger partial charge < -0.3 is 9.32 Å². The lowest BCUT2D eigenvalue weighted by molar-refractivity contribution is 0.670. The van der Waals surface area contributed by atoms with Gasteiger partial charge in [-0.05, 0) is 91.0 Å². The minimum absolute atomic E-state index is 0.568. The number of para-hydroxylation sites is 2. The second kappa shape index (κ2) is 14.8. The third kappa shape index (κ3) is 5.60. The molecule has 0 amide bonds. The maximum absolute atomic E-state index is 6.91. The van der Waals surface area contributed by atoms with E-state index >= 15 is 0 Å². The number of hydrogen-bond donors (Lipinski definition) is 0. The van der Waals surface area contributed by atoms with Crippen molar-refractivity contribution in [3.63, 3.8) is 0 Å². The molecule has 0 aliphatic heterocycles. The highest BCUT2D eigenvalue weighted by Crippen LogP contribution is 2.58. The average molecular weight is 828 g/mol. The molecule has 13 rings (SSSR count). The van der Waals surface area contributed by atoms with Crippen molar-refractivity contribution in [2.45, 2.75) is 5.41 Å². The van der Waals surface area contributed by atoms with E-state index in [0.29, 0.717) is 0 Å². The summed E-state index contributed by atoms with van der Waals surface area (Å²) >= 11 is 0. The van der Waals surface area contributed by atoms with E-state index in [1.807, 2.05) is 0 Å². The van der Waals surface area contributed by atoms with Crippen LogP contribution in [0.15, 0.2) is 253 Å². The van der Waals surface area contributed by atoms with Gasteiger partial charge in [-0.1, -0.05) is 218 Å². The van der Waals surface area contributed by atoms with Gasteiger partial charge in [-0.3, -0.25) is 0 Å². The Morgan fingerprint density at radius 1 is 0.323 bits per heavy atom. The predicted octanol–water partition coefficient (Wildman–Crippen LogP) is 17.1. The van der Waals surface area contributed by atoms with Crippen molar-refractivity contribution >= 4 is 60.5 Å². The first-order chi connectivity index (χ1) is 32.3. The number of benzene rings is 11. The lowest BCUT2D eigenvalue weighted by Gasteiger charge is -2.35. The molecule has 1 aliphatic carbocycles. The van der Waals surface area contributed by atoms with Crippen LogP contribution in [0.2, 0.25) is 0 Å². The van der Waals surface area contributed by atoms with Crippen LogP contribution in [-0.4, -0.2) is 0 Å². The van der Waals surface area contributed by atoms with E-state index in [1.165, 1.54) is 55.3 Å². The zero-order valence-corrected chi connectivity index (χ0v) is 35.5. The van der Waals surface area contributed by atoms with E-state index in [1.54, 1.807) is 0 Å². The zero-order chi connectivity index (χ0) is 42.9. The van der Waals surface area contributed by atoms with Crippen LogP contribution in [-0.2, 0) is 5.41 Å². The molecule has 2 nitrogen and oxygen atoms in total. The third-order valence-electron chi connectivity index (χ3n) is 13.7. The molecule has 0 unspecified atom stereocenters. The number of nitrogens with zero attached hydrogens (tertiary/aromatic N) is 1. The Balaban J connectivity index is 1.17. The van der Waals surface area contributed by atoms with E-state index < -0.39 is 5.41 Å². The number of furan rings is 1. The molecule has 0 atom stereocenters. The van der Waals surface area contributed by atoms with E-state index in [4.69, 9.17) is 4.42 Å². The van der Waals surface area contributed by atoms with Gasteiger partial charge in [0.2, 0.25) is 0 Å². The first kappa shape index (κ1) is 37.1. The van der Waals surface area contributed by atoms with Gasteiger partial charge in [0.25, 0.3) is 0 Å². The Labute approximate surface area is 377 Å². The molecule has 1 aromatic heterocycles. The van der Waals surface area contributed by atoms with Crippen molar-refractivity contribution < 1.29 is 4.42 Å². The summed E-state index contributed by atoms with van der Waals surface area (Å²) in [5, 5.41) is 6.93. The smallest absolute Gasteiger partial charge is 0.143 e. The Morgan fingerprint density at radius 2 is 0.831 bits per heavy atom. The molecule has 1 aliphatic rings. The molecule has 11 aromatic carbocycles. The monoisotopic (exact) mass is 827 g/mol. The Kier molecular flexibility index (Phi) is 8.47. The lowest BCUT2D eigenvalue weighted by atomic mass is 9.67. The van der Waals surface area contributed by atoms with Crippen LogP contribution in [0, 0.1) is 0 Å². The van der Waals surface area contributed by atoms with Gasteiger partial charge in [0, 0.05) is 38.7 Å². The van der Waals surface area contributed by atoms with Crippen molar-refractivity contribution in [3.05, 3.63) is 271 Å². The Hall–Kier alpha value is -8.46. The molecule has 0 spiro atoms. The molecular formula is C63H41NO. The molecule has 304 valence electrons. The summed E-state index contributed by atoms with van der Waals surface area (Å²) in [4.78, 5) is 2.52. The van der Waals surface area contributed by atoms with Crippen molar-refractivity contribution in [3.8, 4) is 33.4 Å². The Bertz CT molecular complexity index is 3720. The van der Waals surface area contributed by atoms with E-state index in [9.17, 15) is 0 Å². The summed E-state index contributed by atoms with van der Waals surface area (Å²) in [5.41, 5.74) is 16.5. The zero-order valence-electron chi connectivity index (χ0n) is 35.5. The van der Waals surface area contributed by atoms with Crippen LogP contribution >= 0.6 is 0 Å². The minimum atomic E-state index is -0.568. The fourth-order valence-corrected chi connectivity index (χ4v) is 11.0. The third-order valence-corrected chi connectivity index (χ3v) is 13.7. The van der Waals surface area contributed by atoms with Crippen LogP contribution in [0.1, 0.15) is 22.3 Å². The van der Waals surface area contributed by atoms with Crippen LogP contribution in [0.25, 0.3) is 76.9 Å². The Morgan fingerprint density at radius 3 is 1.55 bits per heavy atom. The van der Waals surface area contributed by atoms with Gasteiger partial charge in [0.05, 0.1) is 11.1 Å². The molecule has 0 radical (unpaired) electrons. The molecule has 0 saturated heterocycles. The molecule has 65 heavy (non-hydrogen) atoms. The van der Waals surface area contributed by atoms with Crippen LogP contribution in [0.3, 0.4) is 0 Å². The molecule has 0 N–H and O–H groups in total. The summed E-state index contributed by atoms with van der Waals surface area (Å²) in [5.74, 6) is 0. The molecule has 0 fully saturated rings. The second-order valence-corrected chi connectivity index (χ2v) is 17.1. The highest BCUT2D eigenvalue weighted by Gasteiger charge is 2.46. The van der Waals surface area contributed by atoms with Crippen molar-refractivity contribution in [1.29, 1.82) is 0 Å². The summed E-state index contributed by atoms with van der Waals surface area (Å²) in [6, 6.07) is 90.9. The number of rotatable bonds is 7. The van der Waals surface area contributed by atoms with E-state index in [0.717, 1.165) is 60.9 Å². The number of fused-ring (bicyclic) bond motifs is 9. The SMILES string of the molecule is c1ccc(-c2ccc(N(c3ccc4c(c3)C(c3ccccc3)(c3ccccc3)c3ccccc3-4)c3c(-c4cccc5c4oc4ccccc45)c4ccccc4c4ccccc34)cc2)cc1. The summed E-state index contributed by atoms with van der Waals surface area (Å²) in [6.45, 7) is 0. The fraction of sp³-hybridized carbons (Fsp3) is 0.0159. The fourth-order valence-electron chi connectivity index (χ4n) is 11.0. The lowest BCUT2D eigenvalue weighted by Crippen LogP contribution is -2.28. The summed E-state index contributed by atoms with van der Waals surface area (Å²) in [6.07, 6.45) is 0. The quantitative estimate of drug-likeness (QED) is 0.149. The van der Waals surface area contributed by atoms with E-state index in [-0.39, 0.29) is 0 Å². The molecule has 0 saturated carbocycles. The highest BCUT2D eigenvalue weighted by atomic mass is 16.3. The summed E-state index contributed by atoms with van der Waals surface area (Å²) < 4.78 is 6.91. The number of anilines is 3. The maximum Gasteiger partial charge on any atom is 0.143 e. The van der Waals surface area contributed by atoms with Crippen molar-refractivity contribution in [1.82, 2.24) is 0 Å². The molecule has 1 heterocycles. The largest absolute Gasteiger partial charge is 0.455 e. The topological polar surface area (TPSA) is 16.4 Å². The van der Waals surface area contributed by atoms with Crippen molar-refractivity contribution in [2.75, 3.05) is 4.90 Å². The van der Waals surface area contributed by atoms with Gasteiger partial charge in [-0.15, -0.1) is 0 Å². The molecule has 0 bridgehead atoms. The minimum Gasteiger partial charge on any atom is -0.455 e. The van der Waals surface area contributed by atoms with Crippen molar-refractivity contribution in [2.24, 2.45) is 0 Å². The van der Waals surface area contributed by atoms with Gasteiger partial charge in [-0.2, -0.15) is 0 Å². The maximum atomic E-state index is 6.91. The second-order valence-electron chi connectivity index (χ2n) is 17.1. The normalized spacial score (nSPS) is 12.7. The van der Waals surface area contributed by atoms with Gasteiger partial charge in [-0.25, -0.2) is 0 Å².